The average Bonchev–Trinajstić information content (AvgIpc) is 1.64. The molecule has 4 nitrogen and oxygen atoms in total. The van der Waals surface area contributed by atoms with E-state index in [1.807, 2.05) is 4.98 Å². The van der Waals surface area contributed by atoms with Crippen molar-refractivity contribution in [1.82, 2.24) is 4.98 Å². The number of hydrogen-bond donors (Lipinski definition) is 1. The first-order valence-electron chi connectivity index (χ1n) is 1.89. The lowest BCUT2D eigenvalue weighted by Crippen LogP contribution is -2.15. The highest BCUT2D eigenvalue weighted by atomic mass is 16.4. The van der Waals surface area contributed by atoms with Crippen LogP contribution in [-0.2, 0) is 0 Å². The van der Waals surface area contributed by atoms with Crippen molar-refractivity contribution in [1.29, 1.82) is 0 Å². The maximum atomic E-state index is 10.1. The van der Waals surface area contributed by atoms with Crippen molar-refractivity contribution >= 4 is 0 Å². The summed E-state index contributed by atoms with van der Waals surface area (Å²) in [5.41, 5.74) is -0.568. The Morgan fingerprint density at radius 3 is 2.75 bits per heavy atom. The van der Waals surface area contributed by atoms with Gasteiger partial charge >= 0.3 is 5.76 Å². The molecule has 0 unspecified atom stereocenters. The van der Waals surface area contributed by atoms with Crippen LogP contribution >= 0.6 is 0 Å². The van der Waals surface area contributed by atoms with Crippen molar-refractivity contribution in [3.8, 4) is 0 Å². The number of rotatable bonds is 0. The second kappa shape index (κ2) is 1.65. The van der Waals surface area contributed by atoms with E-state index in [9.17, 15) is 9.59 Å². The Morgan fingerprint density at radius 1 is 1.62 bits per heavy atom. The first-order chi connectivity index (χ1) is 3.79. The average molecular weight is 112 g/mol. The summed E-state index contributed by atoms with van der Waals surface area (Å²) < 4.78 is 4.14. The van der Waals surface area contributed by atoms with Gasteiger partial charge in [-0.25, -0.2) is 4.79 Å². The first-order valence-corrected chi connectivity index (χ1v) is 1.89. The van der Waals surface area contributed by atoms with E-state index in [0.29, 0.717) is 0 Å². The van der Waals surface area contributed by atoms with Crippen molar-refractivity contribution in [3.63, 3.8) is 0 Å². The first kappa shape index (κ1) is 4.83. The summed E-state index contributed by atoms with van der Waals surface area (Å²) in [5, 5.41) is 0. The van der Waals surface area contributed by atoms with Crippen LogP contribution in [0.15, 0.2) is 20.3 Å². The fraction of sp³-hybridized carbons (Fsp3) is 0. The van der Waals surface area contributed by atoms with Crippen molar-refractivity contribution in [2.24, 2.45) is 0 Å². The zero-order valence-electron chi connectivity index (χ0n) is 3.80. The Labute approximate surface area is 43.8 Å². The van der Waals surface area contributed by atoms with Crippen LogP contribution in [0.5, 0.6) is 0 Å². The normalized spacial score (nSPS) is 9.00. The fourth-order valence-corrected chi connectivity index (χ4v) is 0.295. The molecule has 1 aromatic rings. The smallest absolute Gasteiger partial charge is 0.417 e. The minimum atomic E-state index is -0.756. The summed E-state index contributed by atoms with van der Waals surface area (Å²) in [6, 6.07) is 2.09. The zero-order valence-corrected chi connectivity index (χ0v) is 3.80. The van der Waals surface area contributed by atoms with Crippen molar-refractivity contribution in [2.45, 2.75) is 0 Å². The summed E-state index contributed by atoms with van der Waals surface area (Å²) in [7, 11) is 0. The number of H-pyrrole nitrogens is 1. The van der Waals surface area contributed by atoms with E-state index in [1.165, 1.54) is 0 Å². The highest BCUT2D eigenvalue weighted by Crippen LogP contribution is 1.57. The van der Waals surface area contributed by atoms with E-state index in [-0.39, 0.29) is 0 Å². The second-order valence-electron chi connectivity index (χ2n) is 1.12. The molecule has 1 heterocycles. The third-order valence-electron chi connectivity index (χ3n) is 0.572. The summed E-state index contributed by atoms with van der Waals surface area (Å²) in [6.07, 6.45) is 0.918. The second-order valence-corrected chi connectivity index (χ2v) is 1.12. The van der Waals surface area contributed by atoms with E-state index in [0.717, 1.165) is 6.26 Å². The predicted molar refractivity (Wildman–Crippen MR) is 24.4 cm³/mol. The van der Waals surface area contributed by atoms with Crippen molar-refractivity contribution in [2.75, 3.05) is 0 Å². The van der Waals surface area contributed by atoms with Crippen LogP contribution in [0.2, 0.25) is 0 Å². The molecule has 41 valence electrons. The van der Waals surface area contributed by atoms with Crippen molar-refractivity contribution in [3.05, 3.63) is 33.2 Å². The minimum Gasteiger partial charge on any atom is -0.417 e. The van der Waals surface area contributed by atoms with Crippen LogP contribution in [-0.4, -0.2) is 4.98 Å². The molecule has 1 aromatic heterocycles. The van der Waals surface area contributed by atoms with Gasteiger partial charge in [-0.2, -0.15) is 0 Å². The van der Waals surface area contributed by atoms with Crippen LogP contribution in [0.1, 0.15) is 0 Å². The zero-order chi connectivity index (χ0) is 5.98. The summed E-state index contributed by atoms with van der Waals surface area (Å²) >= 11 is 0. The van der Waals surface area contributed by atoms with Gasteiger partial charge in [0.15, 0.2) is 0 Å². The molecule has 0 aliphatic heterocycles. The maximum Gasteiger partial charge on any atom is 0.419 e. The molecule has 8 heavy (non-hydrogen) atoms. The Morgan fingerprint density at radius 2 is 2.38 bits per heavy atom. The van der Waals surface area contributed by atoms with E-state index in [4.69, 9.17) is 0 Å². The molecule has 0 bridgehead atoms. The molecule has 0 saturated heterocycles. The molecule has 0 fully saturated rings. The summed E-state index contributed by atoms with van der Waals surface area (Å²) in [4.78, 5) is 22.0. The Bertz CT molecular complexity index is 246. The highest BCUT2D eigenvalue weighted by molar-refractivity contribution is 4.70. The SMILES string of the molecule is O=c1[c]coc(=O)[nH]1. The van der Waals surface area contributed by atoms with E-state index < -0.39 is 11.3 Å². The van der Waals surface area contributed by atoms with Gasteiger partial charge in [0, 0.05) is 0 Å². The van der Waals surface area contributed by atoms with E-state index in [2.05, 4.69) is 10.5 Å². The molecule has 0 atom stereocenters. The van der Waals surface area contributed by atoms with Crippen LogP contribution in [0.3, 0.4) is 0 Å². The summed E-state index contributed by atoms with van der Waals surface area (Å²) in [6.45, 7) is 0. The van der Waals surface area contributed by atoms with Gasteiger partial charge in [-0.1, -0.05) is 0 Å². The van der Waals surface area contributed by atoms with Gasteiger partial charge in [0.05, 0.1) is 6.07 Å². The predicted octanol–water partition coefficient (Wildman–Crippen LogP) is -0.872. The number of nitrogens with one attached hydrogen (secondary N) is 1. The maximum absolute atomic E-state index is 10.1. The molecular formula is C4H2NO3. The largest absolute Gasteiger partial charge is 0.419 e. The molecule has 4 heteroatoms. The third kappa shape index (κ3) is 0.841. The Balaban J connectivity index is 3.50. The number of aromatic amines is 1. The van der Waals surface area contributed by atoms with Gasteiger partial charge in [-0.15, -0.1) is 0 Å². The Kier molecular flexibility index (Phi) is 0.997. The molecular weight excluding hydrogens is 110 g/mol. The molecule has 1 rings (SSSR count). The standard InChI is InChI=1S/C4H2NO3/c6-3-1-2-8-4(7)5-3/h2H,(H,5,6,7). The van der Waals surface area contributed by atoms with Gasteiger partial charge in [0.1, 0.15) is 6.26 Å². The quantitative estimate of drug-likeness (QED) is 0.474. The minimum absolute atomic E-state index is 0.568. The van der Waals surface area contributed by atoms with Gasteiger partial charge in [0.2, 0.25) is 0 Å². The van der Waals surface area contributed by atoms with Gasteiger partial charge in [-0.05, 0) is 0 Å². The lowest BCUT2D eigenvalue weighted by molar-refractivity contribution is 0.478. The molecule has 0 amide bonds. The van der Waals surface area contributed by atoms with Crippen LogP contribution in [0.25, 0.3) is 0 Å². The monoisotopic (exact) mass is 112 g/mol. The van der Waals surface area contributed by atoms with Crippen LogP contribution < -0.4 is 11.3 Å². The molecule has 1 N–H and O–H groups in total. The summed E-state index contributed by atoms with van der Waals surface area (Å²) in [5.74, 6) is -0.756. The van der Waals surface area contributed by atoms with Gasteiger partial charge < -0.3 is 4.42 Å². The number of aromatic nitrogens is 1. The topological polar surface area (TPSA) is 63.1 Å². The lowest BCUT2D eigenvalue weighted by atomic mass is 10.7. The molecule has 0 aliphatic carbocycles. The third-order valence-corrected chi connectivity index (χ3v) is 0.572. The molecule has 1 radical (unpaired) electrons. The fourth-order valence-electron chi connectivity index (χ4n) is 0.295. The van der Waals surface area contributed by atoms with E-state index >= 15 is 0 Å². The van der Waals surface area contributed by atoms with Crippen molar-refractivity contribution < 1.29 is 4.42 Å². The van der Waals surface area contributed by atoms with Crippen LogP contribution in [0.4, 0.5) is 0 Å². The highest BCUT2D eigenvalue weighted by Gasteiger charge is 1.81. The molecule has 0 spiro atoms. The lowest BCUT2D eigenvalue weighted by Gasteiger charge is -1.73. The van der Waals surface area contributed by atoms with E-state index in [1.54, 1.807) is 0 Å². The molecule has 0 saturated carbocycles. The Hall–Kier alpha value is -1.32. The van der Waals surface area contributed by atoms with Gasteiger partial charge in [0.25, 0.3) is 5.56 Å². The van der Waals surface area contributed by atoms with Crippen LogP contribution in [0, 0.1) is 6.07 Å². The van der Waals surface area contributed by atoms with Gasteiger partial charge in [-0.3, -0.25) is 9.78 Å². The molecule has 0 aliphatic rings. The molecule has 0 aromatic carbocycles. The number of hydrogen-bond acceptors (Lipinski definition) is 3.